The lowest BCUT2D eigenvalue weighted by Gasteiger charge is -2.21. The van der Waals surface area contributed by atoms with Crippen LogP contribution in [-0.4, -0.2) is 43.5 Å². The van der Waals surface area contributed by atoms with Crippen LogP contribution in [0.4, 0.5) is 0 Å². The van der Waals surface area contributed by atoms with E-state index in [4.69, 9.17) is 5.73 Å². The van der Waals surface area contributed by atoms with E-state index >= 15 is 0 Å². The van der Waals surface area contributed by atoms with Crippen LogP contribution in [0.25, 0.3) is 0 Å². The number of carbonyl (C=O) groups is 1. The van der Waals surface area contributed by atoms with Crippen LogP contribution in [-0.2, 0) is 4.79 Å². The van der Waals surface area contributed by atoms with Gasteiger partial charge in [-0.05, 0) is 51.2 Å². The Balaban J connectivity index is 1.65. The molecule has 1 saturated heterocycles. The number of amides is 1. The van der Waals surface area contributed by atoms with E-state index in [1.807, 2.05) is 0 Å². The molecule has 4 heteroatoms. The molecule has 4 nitrogen and oxygen atoms in total. The van der Waals surface area contributed by atoms with E-state index < -0.39 is 0 Å². The maximum absolute atomic E-state index is 12.1. The van der Waals surface area contributed by atoms with Gasteiger partial charge < -0.3 is 16.0 Å². The zero-order valence-corrected chi connectivity index (χ0v) is 12.1. The van der Waals surface area contributed by atoms with Crippen molar-refractivity contribution in [2.24, 2.45) is 17.6 Å². The Labute approximate surface area is 117 Å². The Hall–Kier alpha value is -0.610. The molecule has 0 aromatic carbocycles. The summed E-state index contributed by atoms with van der Waals surface area (Å²) < 4.78 is 0. The summed E-state index contributed by atoms with van der Waals surface area (Å²) in [7, 11) is 0. The van der Waals surface area contributed by atoms with Gasteiger partial charge in [0.15, 0.2) is 0 Å². The second-order valence-electron chi connectivity index (χ2n) is 6.08. The zero-order chi connectivity index (χ0) is 13.5. The molecule has 2 aliphatic rings. The smallest absolute Gasteiger partial charge is 0.223 e. The Bertz CT molecular complexity index is 275. The molecule has 19 heavy (non-hydrogen) atoms. The lowest BCUT2D eigenvalue weighted by molar-refractivity contribution is -0.126. The molecule has 1 aliphatic heterocycles. The summed E-state index contributed by atoms with van der Waals surface area (Å²) in [5, 5.41) is 3.12. The van der Waals surface area contributed by atoms with Gasteiger partial charge in [0.2, 0.25) is 5.91 Å². The Morgan fingerprint density at radius 2 is 1.84 bits per heavy atom. The summed E-state index contributed by atoms with van der Waals surface area (Å²) in [5.41, 5.74) is 5.74. The van der Waals surface area contributed by atoms with Gasteiger partial charge in [0.1, 0.15) is 0 Å². The molecule has 0 aromatic rings. The predicted molar refractivity (Wildman–Crippen MR) is 77.8 cm³/mol. The van der Waals surface area contributed by atoms with Crippen LogP contribution in [0.2, 0.25) is 0 Å². The summed E-state index contributed by atoms with van der Waals surface area (Å²) in [6.07, 6.45) is 8.66. The second-order valence-corrected chi connectivity index (χ2v) is 6.08. The van der Waals surface area contributed by atoms with E-state index in [1.54, 1.807) is 0 Å². The molecule has 2 atom stereocenters. The lowest BCUT2D eigenvalue weighted by Crippen LogP contribution is -2.40. The molecule has 2 unspecified atom stereocenters. The minimum absolute atomic E-state index is 0.175. The number of likely N-dealkylation sites (tertiary alicyclic amines) is 1. The first kappa shape index (κ1) is 14.8. The predicted octanol–water partition coefficient (Wildman–Crippen LogP) is 1.35. The third-order valence-electron chi connectivity index (χ3n) is 4.72. The molecule has 2 rings (SSSR count). The van der Waals surface area contributed by atoms with E-state index in [2.05, 4.69) is 10.2 Å². The van der Waals surface area contributed by atoms with Crippen molar-refractivity contribution in [1.29, 1.82) is 0 Å². The van der Waals surface area contributed by atoms with Gasteiger partial charge in [-0.3, -0.25) is 4.79 Å². The summed E-state index contributed by atoms with van der Waals surface area (Å²) in [4.78, 5) is 14.6. The van der Waals surface area contributed by atoms with Crippen LogP contribution in [0, 0.1) is 11.8 Å². The number of rotatable bonds is 5. The van der Waals surface area contributed by atoms with Gasteiger partial charge in [0, 0.05) is 19.0 Å². The minimum Gasteiger partial charge on any atom is -0.355 e. The molecule has 0 aromatic heterocycles. The highest BCUT2D eigenvalue weighted by Gasteiger charge is 2.31. The highest BCUT2D eigenvalue weighted by atomic mass is 16.1. The summed E-state index contributed by atoms with van der Waals surface area (Å²) >= 11 is 0. The van der Waals surface area contributed by atoms with Crippen molar-refractivity contribution in [1.82, 2.24) is 10.2 Å². The third kappa shape index (κ3) is 4.46. The second kappa shape index (κ2) is 7.85. The average molecular weight is 267 g/mol. The molecule has 1 heterocycles. The number of nitrogens with one attached hydrogen (secondary N) is 1. The average Bonchev–Trinajstić information content (AvgIpc) is 2.76. The minimum atomic E-state index is 0.175. The highest BCUT2D eigenvalue weighted by Crippen LogP contribution is 2.30. The number of hydrogen-bond acceptors (Lipinski definition) is 3. The number of hydrogen-bond donors (Lipinski definition) is 2. The molecule has 0 radical (unpaired) electrons. The van der Waals surface area contributed by atoms with Crippen molar-refractivity contribution < 1.29 is 4.79 Å². The fourth-order valence-corrected chi connectivity index (χ4v) is 3.49. The normalized spacial score (nSPS) is 29.1. The lowest BCUT2D eigenvalue weighted by atomic mass is 9.95. The van der Waals surface area contributed by atoms with E-state index in [9.17, 15) is 4.79 Å². The van der Waals surface area contributed by atoms with Crippen LogP contribution in [0.5, 0.6) is 0 Å². The zero-order valence-electron chi connectivity index (χ0n) is 12.1. The van der Waals surface area contributed by atoms with Crippen LogP contribution in [0.3, 0.4) is 0 Å². The molecular formula is C15H29N3O. The van der Waals surface area contributed by atoms with Crippen molar-refractivity contribution in [2.45, 2.75) is 44.9 Å². The van der Waals surface area contributed by atoms with Crippen LogP contribution < -0.4 is 11.1 Å². The van der Waals surface area contributed by atoms with E-state index in [-0.39, 0.29) is 11.8 Å². The van der Waals surface area contributed by atoms with Crippen LogP contribution >= 0.6 is 0 Å². The monoisotopic (exact) mass is 267 g/mol. The van der Waals surface area contributed by atoms with Crippen molar-refractivity contribution in [3.63, 3.8) is 0 Å². The first-order chi connectivity index (χ1) is 9.31. The van der Waals surface area contributed by atoms with Crippen molar-refractivity contribution in [3.05, 3.63) is 0 Å². The molecule has 0 bridgehead atoms. The molecule has 1 amide bonds. The fourth-order valence-electron chi connectivity index (χ4n) is 3.49. The SMILES string of the molecule is NCC1CCCC1C(=O)NCCN1CCCCCC1. The fraction of sp³-hybridized carbons (Fsp3) is 0.933. The van der Waals surface area contributed by atoms with Gasteiger partial charge in [-0.2, -0.15) is 0 Å². The maximum atomic E-state index is 12.1. The van der Waals surface area contributed by atoms with Gasteiger partial charge >= 0.3 is 0 Å². The van der Waals surface area contributed by atoms with Gasteiger partial charge in [0.05, 0.1) is 0 Å². The Kier molecular flexibility index (Phi) is 6.11. The highest BCUT2D eigenvalue weighted by molar-refractivity contribution is 5.79. The largest absolute Gasteiger partial charge is 0.355 e. The summed E-state index contributed by atoms with van der Waals surface area (Å²) in [6, 6.07) is 0. The van der Waals surface area contributed by atoms with E-state index in [1.165, 1.54) is 38.8 Å². The molecule has 1 saturated carbocycles. The Morgan fingerprint density at radius 3 is 2.53 bits per heavy atom. The molecule has 2 fully saturated rings. The topological polar surface area (TPSA) is 58.4 Å². The molecule has 3 N–H and O–H groups in total. The van der Waals surface area contributed by atoms with Gasteiger partial charge in [-0.1, -0.05) is 19.3 Å². The Morgan fingerprint density at radius 1 is 1.11 bits per heavy atom. The summed E-state index contributed by atoms with van der Waals surface area (Å²) in [5.74, 6) is 0.829. The van der Waals surface area contributed by atoms with Gasteiger partial charge in [-0.15, -0.1) is 0 Å². The number of nitrogens with two attached hydrogens (primary N) is 1. The molecule has 110 valence electrons. The number of nitrogens with zero attached hydrogens (tertiary/aromatic N) is 1. The van der Waals surface area contributed by atoms with Crippen molar-refractivity contribution >= 4 is 5.91 Å². The number of carbonyl (C=O) groups excluding carboxylic acids is 1. The van der Waals surface area contributed by atoms with Gasteiger partial charge in [0.25, 0.3) is 0 Å². The first-order valence-electron chi connectivity index (χ1n) is 8.01. The van der Waals surface area contributed by atoms with E-state index in [0.717, 1.165) is 32.4 Å². The van der Waals surface area contributed by atoms with Crippen LogP contribution in [0.15, 0.2) is 0 Å². The third-order valence-corrected chi connectivity index (χ3v) is 4.72. The van der Waals surface area contributed by atoms with Gasteiger partial charge in [-0.25, -0.2) is 0 Å². The van der Waals surface area contributed by atoms with E-state index in [0.29, 0.717) is 12.5 Å². The van der Waals surface area contributed by atoms with Crippen LogP contribution in [0.1, 0.15) is 44.9 Å². The summed E-state index contributed by atoms with van der Waals surface area (Å²) in [6.45, 7) is 4.86. The van der Waals surface area contributed by atoms with Crippen molar-refractivity contribution in [3.8, 4) is 0 Å². The molecule has 1 aliphatic carbocycles. The van der Waals surface area contributed by atoms with Crippen molar-refractivity contribution in [2.75, 3.05) is 32.7 Å². The molecule has 0 spiro atoms. The quantitative estimate of drug-likeness (QED) is 0.790. The first-order valence-corrected chi connectivity index (χ1v) is 8.01. The maximum Gasteiger partial charge on any atom is 0.223 e. The standard InChI is InChI=1S/C15H29N3O/c16-12-13-6-5-7-14(13)15(19)17-8-11-18-9-3-1-2-4-10-18/h13-14H,1-12,16H2,(H,17,19). The molecular weight excluding hydrogens is 238 g/mol.